The van der Waals surface area contributed by atoms with Gasteiger partial charge in [-0.25, -0.2) is 0 Å². The van der Waals surface area contributed by atoms with Crippen molar-refractivity contribution in [1.82, 2.24) is 0 Å². The Kier molecular flexibility index (Phi) is 10.1. The molecule has 1 nitrogen and oxygen atoms in total. The van der Waals surface area contributed by atoms with E-state index in [1.165, 1.54) is 14.7 Å². The van der Waals surface area contributed by atoms with Crippen molar-refractivity contribution >= 4 is 47.3 Å². The number of ketones is 1. The molecule has 0 fully saturated rings. The Balaban J connectivity index is 0.000000681. The van der Waals surface area contributed by atoms with Crippen molar-refractivity contribution in [2.75, 3.05) is 0 Å². The third-order valence-electron chi connectivity index (χ3n) is 5.48. The fourth-order valence-electron chi connectivity index (χ4n) is 3.84. The van der Waals surface area contributed by atoms with E-state index >= 15 is 0 Å². The molecule has 40 heavy (non-hydrogen) atoms. The molecule has 0 bridgehead atoms. The molecule has 0 spiro atoms. The maximum Gasteiger partial charge on any atom is 0.673 e. The predicted molar refractivity (Wildman–Crippen MR) is 157 cm³/mol. The molecule has 0 amide bonds. The second-order valence-corrected chi connectivity index (χ2v) is 11.9. The summed E-state index contributed by atoms with van der Waals surface area (Å²) in [7, 11) is -6.19. The van der Waals surface area contributed by atoms with Crippen LogP contribution in [0.4, 0.5) is 17.3 Å². The summed E-state index contributed by atoms with van der Waals surface area (Å²) in [4.78, 5) is 19.0. The monoisotopic (exact) mass is 596 g/mol. The highest BCUT2D eigenvalue weighted by atomic mass is 35.5. The Morgan fingerprint density at radius 1 is 0.600 bits per heavy atom. The molecule has 0 aliphatic rings. The average Bonchev–Trinajstić information content (AvgIpc) is 2.95. The fourth-order valence-corrected chi connectivity index (χ4v) is 7.21. The van der Waals surface area contributed by atoms with Gasteiger partial charge in [-0.15, -0.1) is 0 Å². The third-order valence-corrected chi connectivity index (χ3v) is 9.10. The topological polar surface area (TPSA) is 17.1 Å². The molecule has 0 aliphatic heterocycles. The van der Waals surface area contributed by atoms with Crippen molar-refractivity contribution in [2.24, 2.45) is 0 Å². The van der Waals surface area contributed by atoms with E-state index < -0.39 is 7.25 Å². The first-order valence-electron chi connectivity index (χ1n) is 12.1. The van der Waals surface area contributed by atoms with Crippen molar-refractivity contribution in [1.29, 1.82) is 0 Å². The zero-order valence-corrected chi connectivity index (χ0v) is 23.3. The van der Waals surface area contributed by atoms with E-state index in [9.17, 15) is 22.1 Å². The summed E-state index contributed by atoms with van der Waals surface area (Å²) < 4.78 is 39.0. The summed E-state index contributed by atoms with van der Waals surface area (Å²) in [5, 5.41) is 0.468. The van der Waals surface area contributed by atoms with E-state index in [0.29, 0.717) is 16.1 Å². The van der Waals surface area contributed by atoms with Gasteiger partial charge in [-0.2, -0.15) is 0 Å². The van der Waals surface area contributed by atoms with Crippen LogP contribution in [-0.2, 0) is 10.9 Å². The molecule has 0 saturated heterocycles. The Morgan fingerprint density at radius 3 is 1.55 bits per heavy atom. The molecule has 0 heterocycles. The molecule has 0 aliphatic carbocycles. The minimum atomic E-state index is -6.00. The number of carbonyl (C=O) groups excluding carboxylic acids is 1. The normalized spacial score (nSPS) is 11.1. The predicted octanol–water partition coefficient (Wildman–Crippen LogP) is 10.1. The van der Waals surface area contributed by atoms with Gasteiger partial charge in [0, 0.05) is 15.4 Å². The van der Waals surface area contributed by atoms with Gasteiger partial charge in [0.2, 0.25) is 0 Å². The first kappa shape index (κ1) is 29.5. The molecule has 9 heteroatoms. The van der Waals surface area contributed by atoms with Gasteiger partial charge in [0.15, 0.2) is 20.5 Å². The molecule has 5 aromatic rings. The van der Waals surface area contributed by atoms with E-state index in [4.69, 9.17) is 11.6 Å². The van der Waals surface area contributed by atoms with E-state index in [2.05, 4.69) is 84.9 Å². The average molecular weight is 597 g/mol. The molecule has 5 rings (SSSR count). The number of hydrogen-bond donors (Lipinski definition) is 0. The maximum absolute atomic E-state index is 13.2. The van der Waals surface area contributed by atoms with Gasteiger partial charge < -0.3 is 17.3 Å². The van der Waals surface area contributed by atoms with E-state index in [1.807, 2.05) is 42.5 Å². The zero-order valence-electron chi connectivity index (χ0n) is 20.9. The molecular formula is C31H22BClF4OS2. The Labute approximate surface area is 242 Å². The van der Waals surface area contributed by atoms with Crippen molar-refractivity contribution < 1.29 is 22.1 Å². The lowest BCUT2D eigenvalue weighted by molar-refractivity contribution is 0.103. The molecule has 5 aromatic carbocycles. The first-order valence-corrected chi connectivity index (χ1v) is 14.5. The van der Waals surface area contributed by atoms with Crippen LogP contribution in [0.15, 0.2) is 158 Å². The number of hydrogen-bond acceptors (Lipinski definition) is 2. The Hall–Kier alpha value is -3.46. The van der Waals surface area contributed by atoms with E-state index in [-0.39, 0.29) is 16.7 Å². The molecule has 0 atom stereocenters. The van der Waals surface area contributed by atoms with Gasteiger partial charge in [0.05, 0.1) is 21.5 Å². The van der Waals surface area contributed by atoms with E-state index in [1.54, 1.807) is 17.8 Å². The first-order chi connectivity index (χ1) is 19.2. The molecule has 0 N–H and O–H groups in total. The highest BCUT2D eigenvalue weighted by molar-refractivity contribution is 7.99. The van der Waals surface area contributed by atoms with Crippen LogP contribution >= 0.6 is 23.4 Å². The smallest absolute Gasteiger partial charge is 0.418 e. The second kappa shape index (κ2) is 13.7. The number of benzene rings is 5. The summed E-state index contributed by atoms with van der Waals surface area (Å²) in [6, 6.07) is 44.7. The van der Waals surface area contributed by atoms with Gasteiger partial charge in [0.1, 0.15) is 0 Å². The van der Waals surface area contributed by atoms with Crippen LogP contribution in [0, 0.1) is 0 Å². The van der Waals surface area contributed by atoms with Crippen LogP contribution in [0.5, 0.6) is 0 Å². The molecule has 0 aromatic heterocycles. The lowest BCUT2D eigenvalue weighted by atomic mass is 10.0. The third kappa shape index (κ3) is 8.27. The van der Waals surface area contributed by atoms with Gasteiger partial charge >= 0.3 is 7.25 Å². The maximum atomic E-state index is 13.2. The Morgan fingerprint density at radius 2 is 1.05 bits per heavy atom. The van der Waals surface area contributed by atoms with E-state index in [0.717, 1.165) is 9.79 Å². The molecule has 0 radical (unpaired) electrons. The van der Waals surface area contributed by atoms with Crippen LogP contribution in [0.1, 0.15) is 15.9 Å². The van der Waals surface area contributed by atoms with Gasteiger partial charge in [-0.1, -0.05) is 96.2 Å². The van der Waals surface area contributed by atoms with Crippen molar-refractivity contribution in [3.63, 3.8) is 0 Å². The van der Waals surface area contributed by atoms with Crippen LogP contribution in [0.25, 0.3) is 0 Å². The van der Waals surface area contributed by atoms with Gasteiger partial charge in [-0.3, -0.25) is 4.79 Å². The minimum absolute atomic E-state index is 0.0648. The van der Waals surface area contributed by atoms with Crippen LogP contribution in [-0.4, -0.2) is 13.0 Å². The lowest BCUT2D eigenvalue weighted by Gasteiger charge is -2.11. The summed E-state index contributed by atoms with van der Waals surface area (Å²) in [6.45, 7) is 0. The summed E-state index contributed by atoms with van der Waals surface area (Å²) in [5.74, 6) is -0.0648. The Bertz CT molecular complexity index is 1490. The standard InChI is InChI=1S/C31H22ClOS2.BF4/c32-28-17-10-18-29(30(28)31(33)23-11-4-1-5-12-23)34-24-19-21-27(22-20-24)35(25-13-6-2-7-14-25)26-15-8-3-9-16-26;2-1(3,4)5/h1-22H;/q+1;-1. The largest absolute Gasteiger partial charge is 0.673 e. The van der Waals surface area contributed by atoms with Crippen LogP contribution in [0.2, 0.25) is 5.02 Å². The summed E-state index contributed by atoms with van der Waals surface area (Å²) in [6.07, 6.45) is 0. The number of carbonyl (C=O) groups is 1. The second-order valence-electron chi connectivity index (χ2n) is 8.31. The molecule has 0 saturated carbocycles. The number of halogens is 5. The van der Waals surface area contributed by atoms with Crippen LogP contribution in [0.3, 0.4) is 0 Å². The fraction of sp³-hybridized carbons (Fsp3) is 0. The van der Waals surface area contributed by atoms with Crippen LogP contribution < -0.4 is 0 Å². The number of rotatable bonds is 7. The molecular weight excluding hydrogens is 575 g/mol. The highest BCUT2D eigenvalue weighted by Gasteiger charge is 2.28. The van der Waals surface area contributed by atoms with Gasteiger partial charge in [-0.05, 0) is 60.7 Å². The molecule has 0 unspecified atom stereocenters. The molecule has 202 valence electrons. The summed E-state index contributed by atoms with van der Waals surface area (Å²) >= 11 is 8.07. The quantitative estimate of drug-likeness (QED) is 0.0805. The highest BCUT2D eigenvalue weighted by Crippen LogP contribution is 2.37. The minimum Gasteiger partial charge on any atom is -0.418 e. The zero-order chi connectivity index (χ0) is 28.5. The lowest BCUT2D eigenvalue weighted by Crippen LogP contribution is -2.05. The summed E-state index contributed by atoms with van der Waals surface area (Å²) in [5.41, 5.74) is 1.18. The SMILES string of the molecule is F[B-](F)(F)F.O=C(c1ccccc1)c1c(Cl)cccc1Sc1ccc([S+](c2ccccc2)c2ccccc2)cc1. The van der Waals surface area contributed by atoms with Gasteiger partial charge in [0.25, 0.3) is 0 Å². The van der Waals surface area contributed by atoms with Crippen molar-refractivity contribution in [2.45, 2.75) is 24.5 Å². The van der Waals surface area contributed by atoms with Crippen molar-refractivity contribution in [3.8, 4) is 0 Å². The van der Waals surface area contributed by atoms with Crippen molar-refractivity contribution in [3.05, 3.63) is 150 Å².